The summed E-state index contributed by atoms with van der Waals surface area (Å²) in [5, 5.41) is 10.9. The topological polar surface area (TPSA) is 20.2 Å². The fourth-order valence-corrected chi connectivity index (χ4v) is 2.48. The van der Waals surface area contributed by atoms with Crippen LogP contribution in [0, 0.1) is 6.07 Å². The lowest BCUT2D eigenvalue weighted by atomic mass is 10.00. The van der Waals surface area contributed by atoms with E-state index in [2.05, 4.69) is 6.07 Å². The van der Waals surface area contributed by atoms with Gasteiger partial charge in [-0.15, -0.1) is 0 Å². The monoisotopic (exact) mass is 285 g/mol. The highest BCUT2D eigenvalue weighted by atomic mass is 35.5. The molecule has 1 nitrogen and oxygen atoms in total. The Hall–Kier alpha value is -0.730. The molecule has 2 aromatic carbocycles. The van der Waals surface area contributed by atoms with Crippen LogP contribution in [0.5, 0.6) is 0 Å². The molecule has 0 saturated heterocycles. The summed E-state index contributed by atoms with van der Waals surface area (Å²) >= 11 is 18.0. The van der Waals surface area contributed by atoms with E-state index in [1.54, 1.807) is 30.3 Å². The third-order valence-corrected chi connectivity index (χ3v) is 3.08. The average Bonchev–Trinajstić information content (AvgIpc) is 2.27. The van der Waals surface area contributed by atoms with Gasteiger partial charge in [0.1, 0.15) is 0 Å². The van der Waals surface area contributed by atoms with Crippen molar-refractivity contribution < 1.29 is 5.11 Å². The molecule has 0 aromatic heterocycles. The van der Waals surface area contributed by atoms with E-state index >= 15 is 0 Å². The molecule has 0 aliphatic heterocycles. The van der Waals surface area contributed by atoms with Crippen LogP contribution in [-0.4, -0.2) is 5.11 Å². The Labute approximate surface area is 115 Å². The molecule has 0 saturated carbocycles. The highest BCUT2D eigenvalue weighted by Crippen LogP contribution is 2.34. The van der Waals surface area contributed by atoms with Crippen LogP contribution < -0.4 is 0 Å². The molecule has 17 heavy (non-hydrogen) atoms. The Bertz CT molecular complexity index is 532. The minimum absolute atomic E-state index is 0.115. The number of hydrogen-bond acceptors (Lipinski definition) is 1. The van der Waals surface area contributed by atoms with Crippen LogP contribution in [0.4, 0.5) is 0 Å². The van der Waals surface area contributed by atoms with Gasteiger partial charge in [0, 0.05) is 20.6 Å². The van der Waals surface area contributed by atoms with Gasteiger partial charge in [0.15, 0.2) is 0 Å². The van der Waals surface area contributed by atoms with Crippen LogP contribution in [0.25, 0.3) is 11.1 Å². The van der Waals surface area contributed by atoms with Crippen molar-refractivity contribution in [2.45, 2.75) is 6.61 Å². The second-order valence-electron chi connectivity index (χ2n) is 3.52. The first-order valence-corrected chi connectivity index (χ1v) is 6.01. The fraction of sp³-hybridized carbons (Fsp3) is 0.0769. The van der Waals surface area contributed by atoms with E-state index in [4.69, 9.17) is 34.8 Å². The molecule has 1 N–H and O–H groups in total. The minimum Gasteiger partial charge on any atom is -0.392 e. The maximum atomic E-state index is 9.30. The maximum Gasteiger partial charge on any atom is 0.0688 e. The number of rotatable bonds is 2. The van der Waals surface area contributed by atoms with Crippen LogP contribution in [0.2, 0.25) is 15.1 Å². The number of halogens is 3. The number of hydrogen-bond donors (Lipinski definition) is 1. The molecule has 0 unspecified atom stereocenters. The summed E-state index contributed by atoms with van der Waals surface area (Å²) in [7, 11) is 0. The second-order valence-corrected chi connectivity index (χ2v) is 4.80. The molecule has 0 heterocycles. The summed E-state index contributed by atoms with van der Waals surface area (Å²) in [6.07, 6.45) is 0. The van der Waals surface area contributed by atoms with Crippen LogP contribution in [0.1, 0.15) is 5.56 Å². The first kappa shape index (κ1) is 12.7. The van der Waals surface area contributed by atoms with Crippen molar-refractivity contribution >= 4 is 34.8 Å². The molecule has 0 spiro atoms. The Morgan fingerprint density at radius 3 is 2.24 bits per heavy atom. The van der Waals surface area contributed by atoms with Crippen molar-refractivity contribution in [3.63, 3.8) is 0 Å². The summed E-state index contributed by atoms with van der Waals surface area (Å²) in [6.45, 7) is -0.115. The van der Waals surface area contributed by atoms with Gasteiger partial charge in [-0.3, -0.25) is 0 Å². The smallest absolute Gasteiger partial charge is 0.0688 e. The van der Waals surface area contributed by atoms with Gasteiger partial charge in [-0.2, -0.15) is 0 Å². The van der Waals surface area contributed by atoms with Gasteiger partial charge in [0.05, 0.1) is 6.61 Å². The Kier molecular flexibility index (Phi) is 3.95. The van der Waals surface area contributed by atoms with Gasteiger partial charge >= 0.3 is 0 Å². The molecular formula is C13H8Cl3O. The molecule has 4 heteroatoms. The number of benzene rings is 2. The van der Waals surface area contributed by atoms with Crippen molar-refractivity contribution in [1.29, 1.82) is 0 Å². The van der Waals surface area contributed by atoms with Crippen LogP contribution in [0.15, 0.2) is 30.3 Å². The molecule has 0 atom stereocenters. The zero-order valence-electron chi connectivity index (χ0n) is 8.67. The second kappa shape index (κ2) is 5.28. The zero-order valence-corrected chi connectivity index (χ0v) is 10.9. The molecule has 87 valence electrons. The van der Waals surface area contributed by atoms with Crippen molar-refractivity contribution in [3.8, 4) is 11.1 Å². The molecule has 0 aliphatic rings. The molecule has 0 amide bonds. The van der Waals surface area contributed by atoms with E-state index in [1.165, 1.54) is 0 Å². The largest absolute Gasteiger partial charge is 0.392 e. The van der Waals surface area contributed by atoms with E-state index in [-0.39, 0.29) is 6.61 Å². The molecule has 2 aromatic rings. The summed E-state index contributed by atoms with van der Waals surface area (Å²) in [4.78, 5) is 0. The first-order valence-electron chi connectivity index (χ1n) is 4.87. The summed E-state index contributed by atoms with van der Waals surface area (Å²) < 4.78 is 0. The molecule has 0 fully saturated rings. The SMILES string of the molecule is OCc1c[c]cc(Cl)c1-c1cc(Cl)cc(Cl)c1. The van der Waals surface area contributed by atoms with Crippen molar-refractivity contribution in [3.05, 3.63) is 57.0 Å². The van der Waals surface area contributed by atoms with Crippen molar-refractivity contribution in [1.82, 2.24) is 0 Å². The standard InChI is InChI=1S/C13H8Cl3O/c14-10-4-9(5-11(15)6-10)13-8(7-17)2-1-3-12(13)16/h2-6,17H,7H2. The molecular weight excluding hydrogens is 279 g/mol. The van der Waals surface area contributed by atoms with Crippen LogP contribution in [0.3, 0.4) is 0 Å². The molecule has 0 aliphatic carbocycles. The van der Waals surface area contributed by atoms with Gasteiger partial charge in [0.25, 0.3) is 0 Å². The zero-order chi connectivity index (χ0) is 12.4. The van der Waals surface area contributed by atoms with E-state index in [0.717, 1.165) is 11.1 Å². The lowest BCUT2D eigenvalue weighted by molar-refractivity contribution is 0.282. The van der Waals surface area contributed by atoms with Gasteiger partial charge in [0.2, 0.25) is 0 Å². The Morgan fingerprint density at radius 1 is 1.00 bits per heavy atom. The van der Waals surface area contributed by atoms with Crippen LogP contribution in [-0.2, 0) is 6.61 Å². The van der Waals surface area contributed by atoms with Gasteiger partial charge < -0.3 is 5.11 Å². The Morgan fingerprint density at radius 2 is 1.65 bits per heavy atom. The summed E-state index contributed by atoms with van der Waals surface area (Å²) in [5.41, 5.74) is 2.21. The predicted molar refractivity (Wildman–Crippen MR) is 71.7 cm³/mol. The minimum atomic E-state index is -0.115. The van der Waals surface area contributed by atoms with Crippen LogP contribution >= 0.6 is 34.8 Å². The highest BCUT2D eigenvalue weighted by molar-refractivity contribution is 6.36. The lowest BCUT2D eigenvalue weighted by Crippen LogP contribution is -1.90. The molecule has 0 bridgehead atoms. The maximum absolute atomic E-state index is 9.30. The van der Waals surface area contributed by atoms with Crippen molar-refractivity contribution in [2.75, 3.05) is 0 Å². The van der Waals surface area contributed by atoms with Gasteiger partial charge in [-0.25, -0.2) is 0 Å². The number of aliphatic hydroxyl groups excluding tert-OH is 1. The normalized spacial score (nSPS) is 10.6. The fourth-order valence-electron chi connectivity index (χ4n) is 1.66. The van der Waals surface area contributed by atoms with Crippen molar-refractivity contribution in [2.24, 2.45) is 0 Å². The highest BCUT2D eigenvalue weighted by Gasteiger charge is 2.10. The summed E-state index contributed by atoms with van der Waals surface area (Å²) in [5.74, 6) is 0. The number of aliphatic hydroxyl groups is 1. The van der Waals surface area contributed by atoms with E-state index < -0.39 is 0 Å². The average molecular weight is 287 g/mol. The first-order chi connectivity index (χ1) is 8.11. The summed E-state index contributed by atoms with van der Waals surface area (Å²) in [6, 6.07) is 11.4. The Balaban J connectivity index is 2.67. The molecule has 2 rings (SSSR count). The lowest BCUT2D eigenvalue weighted by Gasteiger charge is -2.10. The third-order valence-electron chi connectivity index (χ3n) is 2.35. The predicted octanol–water partition coefficient (Wildman–Crippen LogP) is 4.61. The van der Waals surface area contributed by atoms with Gasteiger partial charge in [-0.1, -0.05) is 34.8 Å². The third kappa shape index (κ3) is 2.75. The van der Waals surface area contributed by atoms with E-state index in [9.17, 15) is 5.11 Å². The quantitative estimate of drug-likeness (QED) is 0.855. The van der Waals surface area contributed by atoms with Gasteiger partial charge in [-0.05, 0) is 47.5 Å². The van der Waals surface area contributed by atoms with E-state index in [1.807, 2.05) is 0 Å². The molecule has 1 radical (unpaired) electrons. The van der Waals surface area contributed by atoms with E-state index in [0.29, 0.717) is 20.6 Å².